The number of hydrogen-bond donors (Lipinski definition) is 1. The first-order valence-corrected chi connectivity index (χ1v) is 8.50. The highest BCUT2D eigenvalue weighted by molar-refractivity contribution is 6.00. The second-order valence-electron chi connectivity index (χ2n) is 6.84. The summed E-state index contributed by atoms with van der Waals surface area (Å²) in [5, 5.41) is 2.92. The third-order valence-electron chi connectivity index (χ3n) is 4.90. The molecule has 1 saturated carbocycles. The lowest BCUT2D eigenvalue weighted by atomic mass is 10.1. The number of hydrogen-bond acceptors (Lipinski definition) is 3. The lowest BCUT2D eigenvalue weighted by molar-refractivity contribution is -0.126. The van der Waals surface area contributed by atoms with E-state index >= 15 is 0 Å². The van der Waals surface area contributed by atoms with Crippen LogP contribution in [-0.4, -0.2) is 49.4 Å². The monoisotopic (exact) mass is 333 g/mol. The topological polar surface area (TPSA) is 52.7 Å². The van der Waals surface area contributed by atoms with Gasteiger partial charge in [0.05, 0.1) is 5.92 Å². The van der Waals surface area contributed by atoms with Gasteiger partial charge in [-0.1, -0.05) is 6.07 Å². The van der Waals surface area contributed by atoms with Crippen LogP contribution in [0.3, 0.4) is 0 Å². The van der Waals surface area contributed by atoms with Crippen molar-refractivity contribution in [2.45, 2.75) is 32.2 Å². The summed E-state index contributed by atoms with van der Waals surface area (Å²) >= 11 is 0. The average molecular weight is 333 g/mol. The summed E-state index contributed by atoms with van der Waals surface area (Å²) in [4.78, 5) is 28.2. The number of nitrogens with zero attached hydrogens (tertiary/aromatic N) is 2. The summed E-state index contributed by atoms with van der Waals surface area (Å²) < 4.78 is 13.7. The molecule has 1 atom stereocenters. The Kier molecular flexibility index (Phi) is 4.85. The van der Waals surface area contributed by atoms with Crippen molar-refractivity contribution in [1.29, 1.82) is 0 Å². The molecule has 1 heterocycles. The van der Waals surface area contributed by atoms with Crippen molar-refractivity contribution in [2.24, 2.45) is 5.92 Å². The van der Waals surface area contributed by atoms with Crippen molar-refractivity contribution in [1.82, 2.24) is 10.2 Å². The van der Waals surface area contributed by atoms with E-state index in [0.29, 0.717) is 30.4 Å². The summed E-state index contributed by atoms with van der Waals surface area (Å²) in [6.07, 6.45) is 2.66. The highest BCUT2D eigenvalue weighted by Gasteiger charge is 2.35. The number of rotatable bonds is 6. The smallest absolute Gasteiger partial charge is 0.227 e. The number of amides is 2. The van der Waals surface area contributed by atoms with E-state index in [1.165, 1.54) is 23.8 Å². The van der Waals surface area contributed by atoms with E-state index in [1.807, 2.05) is 0 Å². The zero-order valence-corrected chi connectivity index (χ0v) is 14.2. The molecule has 130 valence electrons. The molecule has 1 N–H and O–H groups in total. The number of carbonyl (C=O) groups is 2. The van der Waals surface area contributed by atoms with Crippen LogP contribution >= 0.6 is 0 Å². The Morgan fingerprint density at radius 3 is 2.83 bits per heavy atom. The van der Waals surface area contributed by atoms with E-state index in [1.54, 1.807) is 19.1 Å². The Morgan fingerprint density at radius 2 is 2.17 bits per heavy atom. The Balaban J connectivity index is 1.53. The van der Waals surface area contributed by atoms with Gasteiger partial charge in [-0.05, 0) is 44.5 Å². The second kappa shape index (κ2) is 6.89. The van der Waals surface area contributed by atoms with Gasteiger partial charge in [0.25, 0.3) is 0 Å². The predicted molar refractivity (Wildman–Crippen MR) is 90.3 cm³/mol. The maximum atomic E-state index is 13.7. The Hall–Kier alpha value is -1.95. The van der Waals surface area contributed by atoms with Crippen LogP contribution in [0.2, 0.25) is 0 Å². The number of carbonyl (C=O) groups excluding carboxylic acids is 2. The quantitative estimate of drug-likeness (QED) is 0.862. The molecule has 2 amide bonds. The Bertz CT molecular complexity index is 645. The number of nitrogens with one attached hydrogen (secondary N) is 1. The molecular formula is C18H24FN3O2. The van der Waals surface area contributed by atoms with E-state index in [2.05, 4.69) is 17.3 Å². The van der Waals surface area contributed by atoms with Gasteiger partial charge in [-0.2, -0.15) is 0 Å². The van der Waals surface area contributed by atoms with E-state index in [-0.39, 0.29) is 30.0 Å². The molecule has 1 aliphatic carbocycles. The van der Waals surface area contributed by atoms with Gasteiger partial charge in [0, 0.05) is 37.8 Å². The largest absolute Gasteiger partial charge is 0.355 e. The van der Waals surface area contributed by atoms with Crippen LogP contribution in [-0.2, 0) is 9.59 Å². The summed E-state index contributed by atoms with van der Waals surface area (Å²) in [6, 6.07) is 5.40. The lowest BCUT2D eigenvalue weighted by Crippen LogP contribution is -2.38. The van der Waals surface area contributed by atoms with Gasteiger partial charge in [0.1, 0.15) is 5.82 Å². The van der Waals surface area contributed by atoms with Crippen LogP contribution in [0.25, 0.3) is 0 Å². The molecule has 0 spiro atoms. The zero-order chi connectivity index (χ0) is 17.3. The first-order chi connectivity index (χ1) is 11.5. The molecule has 0 bridgehead atoms. The number of benzene rings is 1. The third kappa shape index (κ3) is 3.75. The predicted octanol–water partition coefficient (Wildman–Crippen LogP) is 1.70. The molecule has 6 heteroatoms. The number of aryl methyl sites for hydroxylation is 1. The fraction of sp³-hybridized carbons (Fsp3) is 0.556. The van der Waals surface area contributed by atoms with E-state index in [0.717, 1.165) is 6.54 Å². The molecule has 1 aromatic carbocycles. The zero-order valence-electron chi connectivity index (χ0n) is 14.2. The highest BCUT2D eigenvalue weighted by atomic mass is 19.1. The van der Waals surface area contributed by atoms with Crippen molar-refractivity contribution in [2.75, 3.05) is 31.6 Å². The normalized spacial score (nSPS) is 20.8. The van der Waals surface area contributed by atoms with Crippen LogP contribution in [0, 0.1) is 18.7 Å². The maximum absolute atomic E-state index is 13.7. The molecule has 3 rings (SSSR count). The Morgan fingerprint density at radius 1 is 1.42 bits per heavy atom. The van der Waals surface area contributed by atoms with Gasteiger partial charge in [0.15, 0.2) is 0 Å². The van der Waals surface area contributed by atoms with Crippen molar-refractivity contribution in [3.8, 4) is 0 Å². The van der Waals surface area contributed by atoms with Gasteiger partial charge in [-0.15, -0.1) is 0 Å². The summed E-state index contributed by atoms with van der Waals surface area (Å²) in [7, 11) is 2.07. The number of halogens is 1. The minimum atomic E-state index is -0.368. The maximum Gasteiger partial charge on any atom is 0.227 e. The molecule has 1 saturated heterocycles. The molecule has 0 unspecified atom stereocenters. The fourth-order valence-electron chi connectivity index (χ4n) is 3.08. The molecular weight excluding hydrogens is 309 g/mol. The van der Waals surface area contributed by atoms with Gasteiger partial charge in [-0.3, -0.25) is 9.59 Å². The number of anilines is 1. The molecule has 24 heavy (non-hydrogen) atoms. The first-order valence-electron chi connectivity index (χ1n) is 8.50. The van der Waals surface area contributed by atoms with E-state index in [4.69, 9.17) is 0 Å². The standard InChI is InChI=1S/C18H24FN3O2/c1-12-3-4-15(10-16(12)19)22-11-13(9-17(22)23)18(24)20-7-8-21(2)14-5-6-14/h3-4,10,13-14H,5-9,11H2,1-2H3,(H,20,24)/t13-/m1/s1. The van der Waals surface area contributed by atoms with Crippen LogP contribution in [0.15, 0.2) is 18.2 Å². The Labute approximate surface area is 141 Å². The average Bonchev–Trinajstić information content (AvgIpc) is 3.32. The van der Waals surface area contributed by atoms with E-state index < -0.39 is 0 Å². The SMILES string of the molecule is Cc1ccc(N2C[C@H](C(=O)NCCN(C)C3CC3)CC2=O)cc1F. The van der Waals surface area contributed by atoms with Gasteiger partial charge >= 0.3 is 0 Å². The molecule has 1 aromatic rings. The fourth-order valence-corrected chi connectivity index (χ4v) is 3.08. The lowest BCUT2D eigenvalue weighted by Gasteiger charge is -2.18. The van der Waals surface area contributed by atoms with Crippen LogP contribution in [0.1, 0.15) is 24.8 Å². The molecule has 2 aliphatic rings. The van der Waals surface area contributed by atoms with Crippen molar-refractivity contribution in [3.63, 3.8) is 0 Å². The summed E-state index contributed by atoms with van der Waals surface area (Å²) in [5.74, 6) is -0.930. The van der Waals surface area contributed by atoms with Gasteiger partial charge in [0.2, 0.25) is 11.8 Å². The molecule has 0 aromatic heterocycles. The van der Waals surface area contributed by atoms with Crippen molar-refractivity contribution < 1.29 is 14.0 Å². The molecule has 0 radical (unpaired) electrons. The third-order valence-corrected chi connectivity index (χ3v) is 4.90. The molecule has 2 fully saturated rings. The second-order valence-corrected chi connectivity index (χ2v) is 6.84. The van der Waals surface area contributed by atoms with Crippen LogP contribution < -0.4 is 10.2 Å². The molecule has 5 nitrogen and oxygen atoms in total. The van der Waals surface area contributed by atoms with E-state index in [9.17, 15) is 14.0 Å². The van der Waals surface area contributed by atoms with Crippen molar-refractivity contribution in [3.05, 3.63) is 29.6 Å². The molecule has 1 aliphatic heterocycles. The highest BCUT2D eigenvalue weighted by Crippen LogP contribution is 2.27. The number of likely N-dealkylation sites (N-methyl/N-ethyl adjacent to an activating group) is 1. The van der Waals surface area contributed by atoms with Crippen LogP contribution in [0.4, 0.5) is 10.1 Å². The van der Waals surface area contributed by atoms with Crippen LogP contribution in [0.5, 0.6) is 0 Å². The summed E-state index contributed by atoms with van der Waals surface area (Å²) in [5.41, 5.74) is 1.06. The van der Waals surface area contributed by atoms with Crippen molar-refractivity contribution >= 4 is 17.5 Å². The minimum absolute atomic E-state index is 0.0948. The summed E-state index contributed by atoms with van der Waals surface area (Å²) in [6.45, 7) is 3.41. The minimum Gasteiger partial charge on any atom is -0.355 e. The first kappa shape index (κ1) is 16.9. The van der Waals surface area contributed by atoms with Gasteiger partial charge < -0.3 is 15.1 Å². The van der Waals surface area contributed by atoms with Gasteiger partial charge in [-0.25, -0.2) is 4.39 Å².